The van der Waals surface area contributed by atoms with Crippen LogP contribution in [-0.2, 0) is 22.4 Å². The van der Waals surface area contributed by atoms with Crippen LogP contribution in [0.5, 0.6) is 0 Å². The van der Waals surface area contributed by atoms with E-state index in [1.54, 1.807) is 11.9 Å². The van der Waals surface area contributed by atoms with Crippen LogP contribution in [0.25, 0.3) is 10.6 Å². The third-order valence-electron chi connectivity index (χ3n) is 7.15. The Morgan fingerprint density at radius 2 is 2.02 bits per heavy atom. The Morgan fingerprint density at radius 3 is 2.73 bits per heavy atom. The van der Waals surface area contributed by atoms with Crippen LogP contribution in [0.1, 0.15) is 29.9 Å². The lowest BCUT2D eigenvalue weighted by atomic mass is 10.1. The van der Waals surface area contributed by atoms with Gasteiger partial charge in [0, 0.05) is 56.8 Å². The molecule has 1 aromatic carbocycles. The lowest BCUT2D eigenvalue weighted by Gasteiger charge is -2.36. The van der Waals surface area contributed by atoms with Gasteiger partial charge in [0.05, 0.1) is 26.1 Å². The largest absolute Gasteiger partial charge is 0.420 e. The number of anilines is 3. The van der Waals surface area contributed by atoms with Crippen molar-refractivity contribution in [2.24, 2.45) is 0 Å². The number of halogens is 3. The number of benzene rings is 1. The summed E-state index contributed by atoms with van der Waals surface area (Å²) in [7, 11) is -2.07. The number of aromatic nitrogens is 2. The maximum Gasteiger partial charge on any atom is 0.420 e. The van der Waals surface area contributed by atoms with E-state index in [4.69, 9.17) is 12.2 Å². The van der Waals surface area contributed by atoms with Gasteiger partial charge in [-0.05, 0) is 43.2 Å². The second kappa shape index (κ2) is 10.9. The molecule has 0 spiro atoms. The molecule has 40 heavy (non-hydrogen) atoms. The summed E-state index contributed by atoms with van der Waals surface area (Å²) in [5.74, 6) is -0.204. The topological polar surface area (TPSA) is 90.5 Å². The number of nitrogens with one attached hydrogen (secondary N) is 2. The molecule has 4 heterocycles. The van der Waals surface area contributed by atoms with Crippen LogP contribution in [-0.4, -0.2) is 73.3 Å². The van der Waals surface area contributed by atoms with Crippen molar-refractivity contribution in [3.8, 4) is 10.6 Å². The summed E-state index contributed by atoms with van der Waals surface area (Å²) in [4.78, 5) is 12.7. The SMILES string of the molecule is CCc1cc(N2CCNCC2C)ccc1Nc1ncc(C(F)(F)F)c(-c2cc3c(s2)C(=S)N(C)CCS3(=O)=O)n1. The molecule has 0 saturated carbocycles. The van der Waals surface area contributed by atoms with Crippen LogP contribution < -0.4 is 15.5 Å². The zero-order chi connectivity index (χ0) is 28.8. The number of hydrogen-bond donors (Lipinski definition) is 2. The summed E-state index contributed by atoms with van der Waals surface area (Å²) in [6.07, 6.45) is -3.33. The molecule has 8 nitrogen and oxygen atoms in total. The summed E-state index contributed by atoms with van der Waals surface area (Å²) in [6.45, 7) is 7.02. The fourth-order valence-electron chi connectivity index (χ4n) is 4.87. The summed E-state index contributed by atoms with van der Waals surface area (Å²) >= 11 is 6.34. The van der Waals surface area contributed by atoms with E-state index < -0.39 is 27.3 Å². The van der Waals surface area contributed by atoms with Gasteiger partial charge in [0.25, 0.3) is 0 Å². The number of alkyl halides is 3. The van der Waals surface area contributed by atoms with E-state index in [-0.39, 0.29) is 37.9 Å². The number of nitrogens with zero attached hydrogens (tertiary/aromatic N) is 4. The fourth-order valence-corrected chi connectivity index (χ4v) is 8.30. The number of hydrogen-bond acceptors (Lipinski definition) is 9. The zero-order valence-electron chi connectivity index (χ0n) is 22.2. The average molecular weight is 611 g/mol. The van der Waals surface area contributed by atoms with E-state index in [1.807, 2.05) is 19.1 Å². The first-order chi connectivity index (χ1) is 18.9. The van der Waals surface area contributed by atoms with E-state index in [1.165, 1.54) is 6.07 Å². The molecule has 1 unspecified atom stereocenters. The second-order valence-electron chi connectivity index (χ2n) is 9.87. The van der Waals surface area contributed by atoms with Crippen molar-refractivity contribution in [3.05, 3.63) is 46.5 Å². The summed E-state index contributed by atoms with van der Waals surface area (Å²) in [6, 6.07) is 7.53. The average Bonchev–Trinajstić information content (AvgIpc) is 3.35. The molecule has 1 fully saturated rings. The molecule has 2 aliphatic rings. The van der Waals surface area contributed by atoms with Gasteiger partial charge in [0.1, 0.15) is 10.6 Å². The number of sulfone groups is 1. The highest BCUT2D eigenvalue weighted by Crippen LogP contribution is 2.42. The third-order valence-corrected chi connectivity index (χ3v) is 10.8. The number of fused-ring (bicyclic) bond motifs is 1. The molecule has 0 bridgehead atoms. The molecule has 2 N–H and O–H groups in total. The molecule has 0 radical (unpaired) electrons. The molecular weight excluding hydrogens is 582 g/mol. The maximum atomic E-state index is 14.0. The van der Waals surface area contributed by atoms with Gasteiger partial charge >= 0.3 is 6.18 Å². The highest BCUT2D eigenvalue weighted by molar-refractivity contribution is 7.92. The predicted octanol–water partition coefficient (Wildman–Crippen LogP) is 4.72. The van der Waals surface area contributed by atoms with Gasteiger partial charge in [0.2, 0.25) is 5.95 Å². The molecule has 14 heteroatoms. The minimum Gasteiger partial charge on any atom is -0.366 e. The van der Waals surface area contributed by atoms with Crippen molar-refractivity contribution in [1.82, 2.24) is 20.2 Å². The minimum absolute atomic E-state index is 0.0212. The van der Waals surface area contributed by atoms with Crippen LogP contribution in [0.2, 0.25) is 0 Å². The first-order valence-electron chi connectivity index (χ1n) is 12.8. The van der Waals surface area contributed by atoms with Crippen LogP contribution in [0.3, 0.4) is 0 Å². The Balaban J connectivity index is 1.54. The Labute approximate surface area is 240 Å². The number of aryl methyl sites for hydroxylation is 1. The van der Waals surface area contributed by atoms with Crippen molar-refractivity contribution >= 4 is 55.7 Å². The first-order valence-corrected chi connectivity index (χ1v) is 15.7. The van der Waals surface area contributed by atoms with Crippen LogP contribution in [0.4, 0.5) is 30.5 Å². The quantitative estimate of drug-likeness (QED) is 0.398. The van der Waals surface area contributed by atoms with E-state index in [0.29, 0.717) is 18.2 Å². The number of rotatable bonds is 5. The van der Waals surface area contributed by atoms with Gasteiger partial charge < -0.3 is 20.4 Å². The Bertz CT molecular complexity index is 1560. The lowest BCUT2D eigenvalue weighted by molar-refractivity contribution is -0.137. The molecule has 3 aromatic rings. The summed E-state index contributed by atoms with van der Waals surface area (Å²) in [5, 5.41) is 6.47. The molecule has 5 rings (SSSR count). The molecule has 2 aliphatic heterocycles. The van der Waals surface area contributed by atoms with E-state index >= 15 is 0 Å². The fraction of sp³-hybridized carbons (Fsp3) is 0.423. The molecular formula is C26H29F3N6O2S3. The van der Waals surface area contributed by atoms with Crippen LogP contribution >= 0.6 is 23.6 Å². The number of piperazine rings is 1. The Kier molecular flexibility index (Phi) is 7.81. The van der Waals surface area contributed by atoms with E-state index in [2.05, 4.69) is 38.5 Å². The summed E-state index contributed by atoms with van der Waals surface area (Å²) < 4.78 is 67.9. The van der Waals surface area contributed by atoms with Crippen molar-refractivity contribution in [2.75, 3.05) is 49.2 Å². The lowest BCUT2D eigenvalue weighted by Crippen LogP contribution is -2.49. The normalized spacial score (nSPS) is 19.4. The Hall–Kier alpha value is -2.81. The van der Waals surface area contributed by atoms with Gasteiger partial charge in [-0.15, -0.1) is 11.3 Å². The van der Waals surface area contributed by atoms with E-state index in [9.17, 15) is 21.6 Å². The molecule has 0 aliphatic carbocycles. The number of thiocarbonyl (C=S) groups is 1. The van der Waals surface area contributed by atoms with Gasteiger partial charge in [-0.3, -0.25) is 0 Å². The standard InChI is InChI=1S/C26H29F3N6O2S3/c1-4-16-11-17(35-8-7-30-13-15(35)2)5-6-19(16)32-25-31-14-18(26(27,28)29)22(33-25)20-12-21-23(39-20)24(38)34(3)9-10-40(21,36)37/h5-6,11-12,14-15,30H,4,7-10,13H2,1-3H3,(H,31,32,33). The highest BCUT2D eigenvalue weighted by atomic mass is 32.2. The monoisotopic (exact) mass is 610 g/mol. The van der Waals surface area contributed by atoms with Gasteiger partial charge in [-0.1, -0.05) is 19.1 Å². The Morgan fingerprint density at radius 1 is 1.25 bits per heavy atom. The molecule has 214 valence electrons. The zero-order valence-corrected chi connectivity index (χ0v) is 24.6. The van der Waals surface area contributed by atoms with Crippen LogP contribution in [0.15, 0.2) is 35.4 Å². The molecule has 0 amide bonds. The highest BCUT2D eigenvalue weighted by Gasteiger charge is 2.38. The summed E-state index contributed by atoms with van der Waals surface area (Å²) in [5.41, 5.74) is 1.29. The van der Waals surface area contributed by atoms with Gasteiger partial charge in [0.15, 0.2) is 9.84 Å². The van der Waals surface area contributed by atoms with Gasteiger partial charge in [-0.2, -0.15) is 13.2 Å². The van der Waals surface area contributed by atoms with Crippen molar-refractivity contribution < 1.29 is 21.6 Å². The third kappa shape index (κ3) is 5.54. The number of thiophene rings is 1. The van der Waals surface area contributed by atoms with Crippen LogP contribution in [0, 0.1) is 0 Å². The van der Waals surface area contributed by atoms with Gasteiger partial charge in [-0.25, -0.2) is 18.4 Å². The minimum atomic E-state index is -4.75. The molecule has 1 saturated heterocycles. The second-order valence-corrected chi connectivity index (χ2v) is 13.4. The predicted molar refractivity (Wildman–Crippen MR) is 156 cm³/mol. The smallest absolute Gasteiger partial charge is 0.366 e. The van der Waals surface area contributed by atoms with Crippen molar-refractivity contribution in [1.29, 1.82) is 0 Å². The van der Waals surface area contributed by atoms with E-state index in [0.717, 1.165) is 48.4 Å². The van der Waals surface area contributed by atoms with Crippen molar-refractivity contribution in [2.45, 2.75) is 37.4 Å². The molecule has 1 atom stereocenters. The maximum absolute atomic E-state index is 14.0. The molecule has 2 aromatic heterocycles. The first kappa shape index (κ1) is 28.7. The van der Waals surface area contributed by atoms with Crippen molar-refractivity contribution in [3.63, 3.8) is 0 Å².